The molecule has 134 valence electrons. The third kappa shape index (κ3) is 3.69. The first-order chi connectivity index (χ1) is 12.6. The fraction of sp³-hybridized carbons (Fsp3) is 0.200. The summed E-state index contributed by atoms with van der Waals surface area (Å²) in [4.78, 5) is 24.9. The van der Waals surface area contributed by atoms with Crippen molar-refractivity contribution >= 4 is 17.6 Å². The second kappa shape index (κ2) is 7.74. The first-order valence-electron chi connectivity index (χ1n) is 8.46. The lowest BCUT2D eigenvalue weighted by Crippen LogP contribution is -2.45. The molecule has 1 heterocycles. The molecular weight excluding hydrogens is 330 g/mol. The smallest absolute Gasteiger partial charge is 0.319 e. The summed E-state index contributed by atoms with van der Waals surface area (Å²) in [5.74, 6) is 0.307. The highest BCUT2D eigenvalue weighted by Gasteiger charge is 2.31. The van der Waals surface area contributed by atoms with Crippen molar-refractivity contribution in [2.75, 3.05) is 11.9 Å². The molecule has 0 radical (unpaired) electrons. The van der Waals surface area contributed by atoms with E-state index in [9.17, 15) is 9.59 Å². The summed E-state index contributed by atoms with van der Waals surface area (Å²) < 4.78 is 5.56. The van der Waals surface area contributed by atoms with Crippen molar-refractivity contribution < 1.29 is 14.3 Å². The molecule has 1 aliphatic heterocycles. The summed E-state index contributed by atoms with van der Waals surface area (Å²) >= 11 is 0. The quantitative estimate of drug-likeness (QED) is 0.773. The van der Waals surface area contributed by atoms with E-state index >= 15 is 0 Å². The van der Waals surface area contributed by atoms with Gasteiger partial charge in [0.2, 0.25) is 0 Å². The molecular formula is C20H21N3O3. The van der Waals surface area contributed by atoms with Gasteiger partial charge in [-0.3, -0.25) is 4.79 Å². The van der Waals surface area contributed by atoms with Crippen LogP contribution in [0.1, 0.15) is 25.5 Å². The van der Waals surface area contributed by atoms with Crippen LogP contribution in [0.2, 0.25) is 0 Å². The van der Waals surface area contributed by atoms with E-state index in [2.05, 4.69) is 16.0 Å². The predicted molar refractivity (Wildman–Crippen MR) is 99.8 cm³/mol. The van der Waals surface area contributed by atoms with Crippen LogP contribution in [0.25, 0.3) is 0 Å². The maximum Gasteiger partial charge on any atom is 0.319 e. The van der Waals surface area contributed by atoms with Gasteiger partial charge in [0.15, 0.2) is 0 Å². The van der Waals surface area contributed by atoms with Gasteiger partial charge < -0.3 is 20.7 Å². The van der Waals surface area contributed by atoms with Crippen molar-refractivity contribution in [3.63, 3.8) is 0 Å². The van der Waals surface area contributed by atoms with Gasteiger partial charge in [0.25, 0.3) is 5.91 Å². The molecule has 2 aromatic carbocycles. The lowest BCUT2D eigenvalue weighted by Gasteiger charge is -2.28. The van der Waals surface area contributed by atoms with Gasteiger partial charge in [-0.15, -0.1) is 0 Å². The predicted octanol–water partition coefficient (Wildman–Crippen LogP) is 3.35. The Morgan fingerprint density at radius 3 is 2.54 bits per heavy atom. The molecule has 6 heteroatoms. The molecule has 2 aromatic rings. The Bertz CT molecular complexity index is 846. The van der Waals surface area contributed by atoms with E-state index in [1.807, 2.05) is 49.4 Å². The van der Waals surface area contributed by atoms with Gasteiger partial charge in [-0.25, -0.2) is 4.79 Å². The normalized spacial score (nSPS) is 16.5. The number of rotatable bonds is 5. The van der Waals surface area contributed by atoms with Gasteiger partial charge in [-0.1, -0.05) is 42.5 Å². The van der Waals surface area contributed by atoms with Crippen LogP contribution in [-0.4, -0.2) is 18.5 Å². The maximum atomic E-state index is 13.0. The third-order valence-electron chi connectivity index (χ3n) is 4.08. The molecule has 0 saturated heterocycles. The summed E-state index contributed by atoms with van der Waals surface area (Å²) in [5.41, 5.74) is 2.41. The average Bonchev–Trinajstić information content (AvgIpc) is 2.63. The van der Waals surface area contributed by atoms with Gasteiger partial charge in [0.05, 0.1) is 23.9 Å². The van der Waals surface area contributed by atoms with Gasteiger partial charge >= 0.3 is 6.03 Å². The summed E-state index contributed by atoms with van der Waals surface area (Å²) in [6, 6.07) is 15.8. The van der Waals surface area contributed by atoms with Crippen LogP contribution >= 0.6 is 0 Å². The second-order valence-corrected chi connectivity index (χ2v) is 5.86. The fourth-order valence-electron chi connectivity index (χ4n) is 2.93. The van der Waals surface area contributed by atoms with Gasteiger partial charge in [0.1, 0.15) is 5.75 Å². The lowest BCUT2D eigenvalue weighted by atomic mass is 9.95. The number of amides is 3. The van der Waals surface area contributed by atoms with Crippen LogP contribution in [0.5, 0.6) is 5.75 Å². The fourth-order valence-corrected chi connectivity index (χ4v) is 2.93. The number of allylic oxidation sites excluding steroid dienone is 1. The Kier molecular flexibility index (Phi) is 5.22. The number of para-hydroxylation sites is 2. The molecule has 0 bridgehead atoms. The van der Waals surface area contributed by atoms with Gasteiger partial charge in [0, 0.05) is 5.70 Å². The number of carbonyl (C=O) groups is 2. The van der Waals surface area contributed by atoms with Crippen molar-refractivity contribution in [3.8, 4) is 5.75 Å². The molecule has 1 aliphatic rings. The highest BCUT2D eigenvalue weighted by molar-refractivity contribution is 6.07. The Hall–Kier alpha value is -3.28. The molecule has 3 N–H and O–H groups in total. The molecule has 6 nitrogen and oxygen atoms in total. The van der Waals surface area contributed by atoms with E-state index in [1.165, 1.54) is 0 Å². The summed E-state index contributed by atoms with van der Waals surface area (Å²) in [6.07, 6.45) is 0. The summed E-state index contributed by atoms with van der Waals surface area (Å²) in [6.45, 7) is 4.11. The largest absolute Gasteiger partial charge is 0.492 e. The van der Waals surface area contributed by atoms with Crippen LogP contribution < -0.4 is 20.7 Å². The van der Waals surface area contributed by atoms with E-state index < -0.39 is 6.04 Å². The minimum atomic E-state index is -0.524. The van der Waals surface area contributed by atoms with Crippen LogP contribution in [0.4, 0.5) is 10.5 Å². The average molecular weight is 351 g/mol. The first kappa shape index (κ1) is 17.5. The molecule has 0 unspecified atom stereocenters. The topological polar surface area (TPSA) is 79.5 Å². The zero-order valence-electron chi connectivity index (χ0n) is 14.7. The number of anilines is 1. The first-order valence-corrected chi connectivity index (χ1v) is 8.46. The Balaban J connectivity index is 1.93. The van der Waals surface area contributed by atoms with Gasteiger partial charge in [-0.2, -0.15) is 0 Å². The monoisotopic (exact) mass is 351 g/mol. The van der Waals surface area contributed by atoms with E-state index in [4.69, 9.17) is 4.74 Å². The van der Waals surface area contributed by atoms with Crippen molar-refractivity contribution in [1.29, 1.82) is 0 Å². The molecule has 0 aromatic heterocycles. The number of benzene rings is 2. The number of urea groups is 1. The third-order valence-corrected chi connectivity index (χ3v) is 4.08. The highest BCUT2D eigenvalue weighted by Crippen LogP contribution is 2.29. The van der Waals surface area contributed by atoms with Gasteiger partial charge in [-0.05, 0) is 31.5 Å². The molecule has 0 spiro atoms. The summed E-state index contributed by atoms with van der Waals surface area (Å²) in [5, 5.41) is 8.39. The van der Waals surface area contributed by atoms with Crippen LogP contribution in [0.15, 0.2) is 65.9 Å². The SMILES string of the molecule is CCOc1ccccc1NC(=O)C1=C(C)NC(=O)N[C@H]1c1ccccc1. The minimum Gasteiger partial charge on any atom is -0.492 e. The molecule has 0 fully saturated rings. The molecule has 0 saturated carbocycles. The molecule has 3 amide bonds. The number of hydrogen-bond donors (Lipinski definition) is 3. The van der Waals surface area contributed by atoms with E-state index in [1.54, 1.807) is 19.1 Å². The second-order valence-electron chi connectivity index (χ2n) is 5.86. The zero-order valence-corrected chi connectivity index (χ0v) is 14.7. The minimum absolute atomic E-state index is 0.295. The Morgan fingerprint density at radius 2 is 1.81 bits per heavy atom. The number of hydrogen-bond acceptors (Lipinski definition) is 3. The van der Waals surface area contributed by atoms with Crippen molar-refractivity contribution in [1.82, 2.24) is 10.6 Å². The molecule has 1 atom stereocenters. The Morgan fingerprint density at radius 1 is 1.12 bits per heavy atom. The Labute approximate surface area is 152 Å². The van der Waals surface area contributed by atoms with Crippen LogP contribution in [-0.2, 0) is 4.79 Å². The van der Waals surface area contributed by atoms with Crippen LogP contribution in [0, 0.1) is 0 Å². The highest BCUT2D eigenvalue weighted by atomic mass is 16.5. The van der Waals surface area contributed by atoms with E-state index in [0.717, 1.165) is 5.56 Å². The molecule has 0 aliphatic carbocycles. The van der Waals surface area contributed by atoms with E-state index in [-0.39, 0.29) is 11.9 Å². The number of carbonyl (C=O) groups excluding carboxylic acids is 2. The summed E-state index contributed by atoms with van der Waals surface area (Å²) in [7, 11) is 0. The molecule has 3 rings (SSSR count). The zero-order chi connectivity index (χ0) is 18.5. The number of nitrogens with one attached hydrogen (secondary N) is 3. The molecule has 26 heavy (non-hydrogen) atoms. The van der Waals surface area contributed by atoms with Crippen molar-refractivity contribution in [3.05, 3.63) is 71.4 Å². The van der Waals surface area contributed by atoms with Crippen molar-refractivity contribution in [2.45, 2.75) is 19.9 Å². The van der Waals surface area contributed by atoms with Crippen molar-refractivity contribution in [2.24, 2.45) is 0 Å². The standard InChI is InChI=1S/C20H21N3O3/c1-3-26-16-12-8-7-11-15(16)22-19(24)17-13(2)21-20(25)23-18(17)14-9-5-4-6-10-14/h4-12,18H,3H2,1-2H3,(H,22,24)(H2,21,23,25)/t18-/m0/s1. The van der Waals surface area contributed by atoms with E-state index in [0.29, 0.717) is 29.3 Å². The number of ether oxygens (including phenoxy) is 1. The maximum absolute atomic E-state index is 13.0. The van der Waals surface area contributed by atoms with Crippen LogP contribution in [0.3, 0.4) is 0 Å². The lowest BCUT2D eigenvalue weighted by molar-refractivity contribution is -0.113.